The van der Waals surface area contributed by atoms with Crippen molar-refractivity contribution in [3.05, 3.63) is 53.3 Å². The Hall–Kier alpha value is -3.55. The zero-order chi connectivity index (χ0) is 22.5. The molecule has 0 aliphatic heterocycles. The predicted octanol–water partition coefficient (Wildman–Crippen LogP) is 3.28. The summed E-state index contributed by atoms with van der Waals surface area (Å²) < 4.78 is 18.1. The zero-order valence-corrected chi connectivity index (χ0v) is 18.7. The Morgan fingerprint density at radius 3 is 2.56 bits per heavy atom. The second kappa shape index (κ2) is 9.72. The highest BCUT2D eigenvalue weighted by Crippen LogP contribution is 2.39. The number of nitrogens with zero attached hydrogens (tertiary/aromatic N) is 3. The normalized spacial score (nSPS) is 12.7. The number of hydrogen-bond donors (Lipinski definition) is 1. The molecule has 32 heavy (non-hydrogen) atoms. The van der Waals surface area contributed by atoms with Gasteiger partial charge in [0.2, 0.25) is 5.75 Å². The molecule has 1 N–H and O–H groups in total. The number of aromatic nitrogens is 3. The van der Waals surface area contributed by atoms with Gasteiger partial charge in [-0.3, -0.25) is 14.5 Å². The highest BCUT2D eigenvalue weighted by Gasteiger charge is 2.23. The fourth-order valence-electron chi connectivity index (χ4n) is 4.22. The van der Waals surface area contributed by atoms with E-state index in [1.54, 1.807) is 25.4 Å². The van der Waals surface area contributed by atoms with Crippen molar-refractivity contribution in [3.8, 4) is 28.6 Å². The largest absolute Gasteiger partial charge is 0.493 e. The van der Waals surface area contributed by atoms with Gasteiger partial charge in [0.15, 0.2) is 11.5 Å². The quantitative estimate of drug-likeness (QED) is 0.583. The number of carbonyl (C=O) groups is 1. The number of amides is 1. The molecule has 2 heterocycles. The minimum atomic E-state index is -0.242. The maximum absolute atomic E-state index is 12.9. The van der Waals surface area contributed by atoms with Crippen LogP contribution in [0.25, 0.3) is 11.4 Å². The van der Waals surface area contributed by atoms with Crippen LogP contribution in [0, 0.1) is 0 Å². The second-order valence-corrected chi connectivity index (χ2v) is 7.56. The van der Waals surface area contributed by atoms with Crippen molar-refractivity contribution < 1.29 is 19.0 Å². The number of methoxy groups -OCH3 is 3. The first-order valence-corrected chi connectivity index (χ1v) is 10.7. The van der Waals surface area contributed by atoms with Gasteiger partial charge in [0.05, 0.1) is 39.1 Å². The number of rotatable bonds is 8. The number of pyridine rings is 1. The standard InChI is InChI=1S/C24H28N4O4/c1-30-20-12-11-17(22(31-2)23(20)32-3)24(29)26-14-15-28-19-10-5-4-8-16(19)21(27-28)18-9-6-7-13-25-18/h6-7,9,11-13H,4-5,8,10,14-15H2,1-3H3,(H,26,29). The molecule has 4 rings (SSSR count). The van der Waals surface area contributed by atoms with Crippen LogP contribution in [-0.4, -0.2) is 48.5 Å². The molecule has 0 saturated carbocycles. The van der Waals surface area contributed by atoms with Gasteiger partial charge < -0.3 is 19.5 Å². The minimum absolute atomic E-state index is 0.242. The maximum atomic E-state index is 12.9. The van der Waals surface area contributed by atoms with E-state index in [9.17, 15) is 4.79 Å². The van der Waals surface area contributed by atoms with Gasteiger partial charge in [0.1, 0.15) is 5.69 Å². The molecule has 2 aromatic heterocycles. The third-order valence-electron chi connectivity index (χ3n) is 5.72. The van der Waals surface area contributed by atoms with Crippen molar-refractivity contribution in [1.29, 1.82) is 0 Å². The van der Waals surface area contributed by atoms with Crippen molar-refractivity contribution in [3.63, 3.8) is 0 Å². The number of benzene rings is 1. The first-order chi connectivity index (χ1) is 15.7. The van der Waals surface area contributed by atoms with E-state index in [0.29, 0.717) is 35.9 Å². The minimum Gasteiger partial charge on any atom is -0.493 e. The number of carbonyl (C=O) groups excluding carboxylic acids is 1. The lowest BCUT2D eigenvalue weighted by Gasteiger charge is -2.16. The lowest BCUT2D eigenvalue weighted by atomic mass is 9.95. The lowest BCUT2D eigenvalue weighted by molar-refractivity contribution is 0.0948. The fourth-order valence-corrected chi connectivity index (χ4v) is 4.22. The molecule has 0 radical (unpaired) electrons. The average molecular weight is 437 g/mol. The van der Waals surface area contributed by atoms with Gasteiger partial charge in [0, 0.05) is 24.0 Å². The van der Waals surface area contributed by atoms with E-state index in [4.69, 9.17) is 19.3 Å². The van der Waals surface area contributed by atoms with Gasteiger partial charge in [-0.05, 0) is 49.9 Å². The molecule has 8 heteroatoms. The highest BCUT2D eigenvalue weighted by molar-refractivity contribution is 5.98. The van der Waals surface area contributed by atoms with E-state index in [0.717, 1.165) is 37.1 Å². The molecule has 1 aliphatic rings. The summed E-state index contributed by atoms with van der Waals surface area (Å²) in [6.45, 7) is 1.02. The van der Waals surface area contributed by atoms with E-state index >= 15 is 0 Å². The summed E-state index contributed by atoms with van der Waals surface area (Å²) in [5.41, 5.74) is 4.76. The first-order valence-electron chi connectivity index (χ1n) is 10.7. The summed E-state index contributed by atoms with van der Waals surface area (Å²) in [5.74, 6) is 1.00. The van der Waals surface area contributed by atoms with E-state index < -0.39 is 0 Å². The van der Waals surface area contributed by atoms with Crippen molar-refractivity contribution in [1.82, 2.24) is 20.1 Å². The van der Waals surface area contributed by atoms with Crippen molar-refractivity contribution in [2.75, 3.05) is 27.9 Å². The average Bonchev–Trinajstić information content (AvgIpc) is 3.22. The van der Waals surface area contributed by atoms with Crippen LogP contribution >= 0.6 is 0 Å². The van der Waals surface area contributed by atoms with Gasteiger partial charge in [-0.25, -0.2) is 0 Å². The molecule has 0 bridgehead atoms. The van der Waals surface area contributed by atoms with Crippen LogP contribution < -0.4 is 19.5 Å². The van der Waals surface area contributed by atoms with Crippen LogP contribution in [0.4, 0.5) is 0 Å². The Morgan fingerprint density at radius 1 is 1.03 bits per heavy atom. The van der Waals surface area contributed by atoms with Crippen LogP contribution in [0.1, 0.15) is 34.5 Å². The number of nitrogens with one attached hydrogen (secondary N) is 1. The van der Waals surface area contributed by atoms with Crippen LogP contribution in [0.2, 0.25) is 0 Å². The van der Waals surface area contributed by atoms with Crippen LogP contribution in [-0.2, 0) is 19.4 Å². The van der Waals surface area contributed by atoms with Crippen LogP contribution in [0.15, 0.2) is 36.5 Å². The fraction of sp³-hybridized carbons (Fsp3) is 0.375. The molecule has 1 amide bonds. The highest BCUT2D eigenvalue weighted by atomic mass is 16.5. The Labute approximate surface area is 187 Å². The summed E-state index contributed by atoms with van der Waals surface area (Å²) >= 11 is 0. The van der Waals surface area contributed by atoms with Gasteiger partial charge in [0.25, 0.3) is 5.91 Å². The van der Waals surface area contributed by atoms with Gasteiger partial charge in [-0.15, -0.1) is 0 Å². The van der Waals surface area contributed by atoms with Gasteiger partial charge in [-0.2, -0.15) is 5.10 Å². The van der Waals surface area contributed by atoms with E-state index in [1.165, 1.54) is 25.5 Å². The molecular formula is C24H28N4O4. The third-order valence-corrected chi connectivity index (χ3v) is 5.72. The smallest absolute Gasteiger partial charge is 0.255 e. The second-order valence-electron chi connectivity index (χ2n) is 7.56. The summed E-state index contributed by atoms with van der Waals surface area (Å²) in [6, 6.07) is 9.24. The SMILES string of the molecule is COc1ccc(C(=O)NCCn2nc(-c3ccccn3)c3c2CCCC3)c(OC)c1OC. The lowest BCUT2D eigenvalue weighted by Crippen LogP contribution is -2.28. The van der Waals surface area contributed by atoms with Crippen LogP contribution in [0.3, 0.4) is 0 Å². The van der Waals surface area contributed by atoms with Gasteiger partial charge in [-0.1, -0.05) is 6.07 Å². The van der Waals surface area contributed by atoms with E-state index in [1.807, 2.05) is 22.9 Å². The molecule has 8 nitrogen and oxygen atoms in total. The van der Waals surface area contributed by atoms with Crippen molar-refractivity contribution >= 4 is 5.91 Å². The summed E-state index contributed by atoms with van der Waals surface area (Å²) in [7, 11) is 4.56. The molecule has 0 spiro atoms. The Kier molecular flexibility index (Phi) is 6.58. The molecule has 1 aromatic carbocycles. The van der Waals surface area contributed by atoms with E-state index in [-0.39, 0.29) is 5.91 Å². The molecule has 0 fully saturated rings. The maximum Gasteiger partial charge on any atom is 0.255 e. The summed E-state index contributed by atoms with van der Waals surface area (Å²) in [6.07, 6.45) is 6.10. The molecule has 1 aliphatic carbocycles. The predicted molar refractivity (Wildman–Crippen MR) is 121 cm³/mol. The zero-order valence-electron chi connectivity index (χ0n) is 18.7. The monoisotopic (exact) mass is 436 g/mol. The molecule has 0 saturated heterocycles. The summed E-state index contributed by atoms with van der Waals surface area (Å²) in [4.78, 5) is 17.4. The Morgan fingerprint density at radius 2 is 1.84 bits per heavy atom. The molecule has 0 atom stereocenters. The number of ether oxygens (including phenoxy) is 3. The topological polar surface area (TPSA) is 87.5 Å². The van der Waals surface area contributed by atoms with Gasteiger partial charge >= 0.3 is 0 Å². The molecular weight excluding hydrogens is 408 g/mol. The van der Waals surface area contributed by atoms with Crippen molar-refractivity contribution in [2.45, 2.75) is 32.2 Å². The number of hydrogen-bond acceptors (Lipinski definition) is 6. The third kappa shape index (κ3) is 4.12. The first kappa shape index (κ1) is 21.7. The van der Waals surface area contributed by atoms with Crippen LogP contribution in [0.5, 0.6) is 17.2 Å². The molecule has 168 valence electrons. The Balaban J connectivity index is 1.51. The molecule has 0 unspecified atom stereocenters. The number of fused-ring (bicyclic) bond motifs is 1. The van der Waals surface area contributed by atoms with E-state index in [2.05, 4.69) is 10.3 Å². The Bertz CT molecular complexity index is 1100. The summed E-state index contributed by atoms with van der Waals surface area (Å²) in [5, 5.41) is 7.83. The van der Waals surface area contributed by atoms with Crippen molar-refractivity contribution in [2.24, 2.45) is 0 Å². The molecule has 3 aromatic rings.